The van der Waals surface area contributed by atoms with Crippen molar-refractivity contribution in [3.8, 4) is 0 Å². The van der Waals surface area contributed by atoms with E-state index in [1.54, 1.807) is 55.3 Å². The van der Waals surface area contributed by atoms with Crippen LogP contribution < -0.4 is 0 Å². The lowest BCUT2D eigenvalue weighted by Crippen LogP contribution is -2.17. The van der Waals surface area contributed by atoms with Crippen molar-refractivity contribution in [2.75, 3.05) is 0 Å². The topological polar surface area (TPSA) is 0 Å². The molecule has 0 spiro atoms. The molecule has 10 aromatic carbocycles. The summed E-state index contributed by atoms with van der Waals surface area (Å²) in [5, 5.41) is 3.29. The normalized spacial score (nSPS) is 11.6. The molecule has 0 radical (unpaired) electrons. The lowest BCUT2D eigenvalue weighted by atomic mass is 9.73. The zero-order chi connectivity index (χ0) is 79.6. The quantitative estimate of drug-likeness (QED) is 0.0333. The van der Waals surface area contributed by atoms with Crippen LogP contribution in [0.2, 0.25) is 0 Å². The molecule has 0 heteroatoms. The van der Waals surface area contributed by atoms with E-state index in [-0.39, 0.29) is 0 Å². The van der Waals surface area contributed by atoms with Gasteiger partial charge in [0.1, 0.15) is 0 Å². The van der Waals surface area contributed by atoms with Gasteiger partial charge in [-0.2, -0.15) is 0 Å². The molecule has 114 heavy (non-hydrogen) atoms. The number of aryl methyl sites for hydroxylation is 20. The summed E-state index contributed by atoms with van der Waals surface area (Å²) >= 11 is 0. The minimum Gasteiger partial charge on any atom is -0.0654 e. The van der Waals surface area contributed by atoms with Crippen LogP contribution >= 0.6 is 0 Å². The molecule has 0 aromatic heterocycles. The van der Waals surface area contributed by atoms with Crippen molar-refractivity contribution < 1.29 is 0 Å². The molecule has 0 nitrogen and oxygen atoms in total. The molecule has 0 saturated carbocycles. The Bertz CT molecular complexity index is 3710. The number of fused-ring (bicyclic) bond motifs is 1. The van der Waals surface area contributed by atoms with Crippen molar-refractivity contribution in [3.63, 3.8) is 0 Å². The van der Waals surface area contributed by atoms with Gasteiger partial charge in [-0.05, 0) is 350 Å². The van der Waals surface area contributed by atoms with Gasteiger partial charge in [0, 0.05) is 0 Å². The number of unbranched alkanes of at least 4 members (excludes halogenated alkanes) is 16. The predicted octanol–water partition coefficient (Wildman–Crippen LogP) is 31.0. The van der Waals surface area contributed by atoms with Gasteiger partial charge in [0.2, 0.25) is 0 Å². The minimum atomic E-state index is 1.01. The van der Waals surface area contributed by atoms with Crippen LogP contribution in [0.15, 0.2) is 194 Å². The number of benzene rings is 10. The molecule has 0 aliphatic rings. The van der Waals surface area contributed by atoms with Crippen LogP contribution in [-0.4, -0.2) is 0 Å². The second-order valence-electron chi connectivity index (χ2n) is 34.8. The minimum absolute atomic E-state index is 1.01. The first-order chi connectivity index (χ1) is 56.2. The van der Waals surface area contributed by atoms with Crippen molar-refractivity contribution >= 4 is 10.8 Å². The summed E-state index contributed by atoms with van der Waals surface area (Å²) in [6.07, 6.45) is 56.0. The Labute approximate surface area is 697 Å². The van der Waals surface area contributed by atoms with Crippen LogP contribution in [-0.2, 0) is 154 Å². The fraction of sp³-hybridized carbons (Fsp3) is 0.491. The van der Waals surface area contributed by atoms with Gasteiger partial charge < -0.3 is 0 Å². The summed E-state index contributed by atoms with van der Waals surface area (Å²) in [6.45, 7) is 18.7. The molecule has 0 saturated heterocycles. The van der Waals surface area contributed by atoms with Crippen LogP contribution in [0.25, 0.3) is 10.8 Å². The Morgan fingerprint density at radius 1 is 0.105 bits per heavy atom. The highest BCUT2D eigenvalue weighted by Crippen LogP contribution is 2.44. The zero-order valence-corrected chi connectivity index (χ0v) is 73.4. The summed E-state index contributed by atoms with van der Waals surface area (Å²) < 4.78 is 0. The molecule has 0 N–H and O–H groups in total. The predicted molar refractivity (Wildman–Crippen MR) is 501 cm³/mol. The largest absolute Gasteiger partial charge is 0.0654 e. The fourth-order valence-electron chi connectivity index (χ4n) is 18.4. The molecular formula is C114H152. The van der Waals surface area contributed by atoms with E-state index in [0.717, 1.165) is 154 Å². The smallest absolute Gasteiger partial charge is 0.0108 e. The summed E-state index contributed by atoms with van der Waals surface area (Å²) in [5.74, 6) is 0. The average molecular weight is 1520 g/mol. The maximum Gasteiger partial charge on any atom is -0.0108 e. The highest BCUT2D eigenvalue weighted by atomic mass is 14.3. The van der Waals surface area contributed by atoms with Crippen LogP contribution in [0.5, 0.6) is 0 Å². The Morgan fingerprint density at radius 2 is 0.202 bits per heavy atom. The van der Waals surface area contributed by atoms with Gasteiger partial charge in [0.15, 0.2) is 0 Å². The molecule has 0 aliphatic carbocycles. The zero-order valence-electron chi connectivity index (χ0n) is 73.4. The Balaban J connectivity index is 1.30. The first-order valence-corrected chi connectivity index (χ1v) is 47.5. The van der Waals surface area contributed by atoms with Crippen molar-refractivity contribution in [1.82, 2.24) is 0 Å². The van der Waals surface area contributed by atoms with E-state index in [1.165, 1.54) is 243 Å². The second-order valence-corrected chi connectivity index (χ2v) is 34.8. The number of rotatable bonds is 56. The van der Waals surface area contributed by atoms with E-state index in [4.69, 9.17) is 0 Å². The van der Waals surface area contributed by atoms with Crippen molar-refractivity contribution in [2.24, 2.45) is 0 Å². The standard InChI is InChI=1S/C114H152/c1-9-17-25-33-89-41-57-97(58-42-89)73-81-105-106(82-74-98-59-43-90(44-60-98)34-26-18-10-2)110(86-78-102-67-51-94(52-68-102)38-30-22-14-6)114-112(88-80-104-71-55-96(56-72-104)40-32-24-16-8)108(84-76-100-63-47-92(48-64-100)36-28-20-12-4)107(83-75-99-61-45-91(46-62-99)35-27-19-11-3)111(87-79-103-69-53-95(54-70-103)39-31-23-15-7)113(114)109(105)85-77-101-65-49-93(50-66-101)37-29-21-13-5/h41-72H,9-40,73-88H2,1-8H3. The van der Waals surface area contributed by atoms with Gasteiger partial charge in [0.05, 0.1) is 0 Å². The first kappa shape index (κ1) is 88.8. The van der Waals surface area contributed by atoms with E-state index in [0.29, 0.717) is 0 Å². The van der Waals surface area contributed by atoms with E-state index in [1.807, 2.05) is 0 Å². The summed E-state index contributed by atoms with van der Waals surface area (Å²) in [7, 11) is 0. The van der Waals surface area contributed by atoms with Gasteiger partial charge in [-0.25, -0.2) is 0 Å². The van der Waals surface area contributed by atoms with Crippen molar-refractivity contribution in [1.29, 1.82) is 0 Å². The molecule has 0 atom stereocenters. The molecule has 0 fully saturated rings. The van der Waals surface area contributed by atoms with Crippen LogP contribution in [0.3, 0.4) is 0 Å². The van der Waals surface area contributed by atoms with E-state index in [2.05, 4.69) is 250 Å². The molecule has 0 aliphatic heterocycles. The number of hydrogen-bond acceptors (Lipinski definition) is 0. The second kappa shape index (κ2) is 50.8. The van der Waals surface area contributed by atoms with E-state index >= 15 is 0 Å². The molecule has 0 unspecified atom stereocenters. The lowest BCUT2D eigenvalue weighted by molar-refractivity contribution is 0.717. The molecule has 0 heterocycles. The molecule has 10 aromatic rings. The summed E-state index contributed by atoms with van der Waals surface area (Å²) in [4.78, 5) is 0. The van der Waals surface area contributed by atoms with Gasteiger partial charge >= 0.3 is 0 Å². The Kier molecular flexibility index (Phi) is 39.6. The maximum absolute atomic E-state index is 2.53. The average Bonchev–Trinajstić information content (AvgIpc) is 0.718. The van der Waals surface area contributed by atoms with Gasteiger partial charge in [-0.15, -0.1) is 0 Å². The van der Waals surface area contributed by atoms with E-state index in [9.17, 15) is 0 Å². The van der Waals surface area contributed by atoms with Crippen LogP contribution in [0, 0.1) is 0 Å². The summed E-state index contributed by atoms with van der Waals surface area (Å²) in [6, 6.07) is 80.3. The monoisotopic (exact) mass is 1520 g/mol. The molecular weight excluding hydrogens is 1370 g/mol. The van der Waals surface area contributed by atoms with Crippen molar-refractivity contribution in [3.05, 3.63) is 328 Å². The van der Waals surface area contributed by atoms with Gasteiger partial charge in [-0.1, -0.05) is 352 Å². The molecule has 0 amide bonds. The third-order valence-electron chi connectivity index (χ3n) is 25.7. The maximum atomic E-state index is 2.53. The fourth-order valence-corrected chi connectivity index (χ4v) is 18.4. The molecule has 10 rings (SSSR count). The highest BCUT2D eigenvalue weighted by Gasteiger charge is 2.29. The SMILES string of the molecule is CCCCCc1ccc(CCc2c(CCc3ccc(CCCCC)cc3)c(CCc3ccc(CCCCC)cc3)c3c(CCc4ccc(CCCCC)cc4)c(CCc4ccc(CCCCC)cc4)c(CCc4ccc(CCCCC)cc4)c(CCc4ccc(CCCCC)cc4)c3c2CCc2ccc(CCCCC)cc2)cc1. The number of hydrogen-bond donors (Lipinski definition) is 0. The highest BCUT2D eigenvalue weighted by molar-refractivity contribution is 5.99. The Hall–Kier alpha value is -7.54. The lowest BCUT2D eigenvalue weighted by Gasteiger charge is -2.31. The van der Waals surface area contributed by atoms with Crippen LogP contribution in [0.4, 0.5) is 0 Å². The summed E-state index contributed by atoms with van der Waals surface area (Å²) in [5.41, 5.74) is 37.0. The Morgan fingerprint density at radius 3 is 0.307 bits per heavy atom. The van der Waals surface area contributed by atoms with Gasteiger partial charge in [0.25, 0.3) is 0 Å². The van der Waals surface area contributed by atoms with Gasteiger partial charge in [-0.3, -0.25) is 0 Å². The third kappa shape index (κ3) is 29.0. The first-order valence-electron chi connectivity index (χ1n) is 47.5. The molecule has 608 valence electrons. The van der Waals surface area contributed by atoms with Crippen molar-refractivity contribution in [2.45, 2.75) is 364 Å². The third-order valence-corrected chi connectivity index (χ3v) is 25.7. The van der Waals surface area contributed by atoms with E-state index < -0.39 is 0 Å². The molecule has 0 bridgehead atoms. The van der Waals surface area contributed by atoms with Crippen LogP contribution in [0.1, 0.15) is 343 Å².